The summed E-state index contributed by atoms with van der Waals surface area (Å²) in [6.07, 6.45) is 3.75. The number of nitro benzene ring substituents is 1. The van der Waals surface area contributed by atoms with Crippen LogP contribution in [0.4, 0.5) is 5.69 Å². The number of furan rings is 1. The quantitative estimate of drug-likeness (QED) is 0.288. The minimum Gasteiger partial charge on any atom is -0.462 e. The van der Waals surface area contributed by atoms with Crippen LogP contribution >= 0.6 is 0 Å². The van der Waals surface area contributed by atoms with Crippen LogP contribution in [0.5, 0.6) is 0 Å². The SMILES string of the molecule is CC(C)(C)n1ccc(-c2ccc([N+](=O)[O-])cc2)c1-c1occc1-c1ccccc1. The van der Waals surface area contributed by atoms with E-state index in [9.17, 15) is 10.1 Å². The zero-order chi connectivity index (χ0) is 20.6. The second kappa shape index (κ2) is 7.09. The molecule has 0 saturated carbocycles. The highest BCUT2D eigenvalue weighted by Gasteiger charge is 2.25. The van der Waals surface area contributed by atoms with Crippen LogP contribution in [-0.2, 0) is 5.54 Å². The molecule has 29 heavy (non-hydrogen) atoms. The van der Waals surface area contributed by atoms with E-state index in [0.717, 1.165) is 33.7 Å². The largest absolute Gasteiger partial charge is 0.462 e. The summed E-state index contributed by atoms with van der Waals surface area (Å²) in [5.41, 5.74) is 4.83. The number of hydrogen-bond acceptors (Lipinski definition) is 3. The van der Waals surface area contributed by atoms with Crippen molar-refractivity contribution in [2.24, 2.45) is 0 Å². The summed E-state index contributed by atoms with van der Waals surface area (Å²) in [5, 5.41) is 11.0. The predicted octanol–water partition coefficient (Wildman–Crippen LogP) is 6.75. The van der Waals surface area contributed by atoms with Crippen molar-refractivity contribution in [3.63, 3.8) is 0 Å². The number of non-ortho nitro benzene ring substituents is 1. The molecule has 2 aromatic heterocycles. The molecule has 0 spiro atoms. The van der Waals surface area contributed by atoms with E-state index < -0.39 is 0 Å². The molecule has 0 radical (unpaired) electrons. The fourth-order valence-corrected chi connectivity index (χ4v) is 3.56. The van der Waals surface area contributed by atoms with Crippen LogP contribution in [0.2, 0.25) is 0 Å². The van der Waals surface area contributed by atoms with E-state index in [0.29, 0.717) is 0 Å². The number of aromatic nitrogens is 1. The van der Waals surface area contributed by atoms with Crippen LogP contribution < -0.4 is 0 Å². The molecule has 146 valence electrons. The Bertz CT molecular complexity index is 1150. The van der Waals surface area contributed by atoms with Gasteiger partial charge in [0.2, 0.25) is 0 Å². The zero-order valence-corrected chi connectivity index (χ0v) is 16.6. The van der Waals surface area contributed by atoms with Crippen molar-refractivity contribution >= 4 is 5.69 Å². The Morgan fingerprint density at radius 1 is 0.862 bits per heavy atom. The predicted molar refractivity (Wildman–Crippen MR) is 115 cm³/mol. The second-order valence-electron chi connectivity index (χ2n) is 7.95. The highest BCUT2D eigenvalue weighted by molar-refractivity contribution is 5.87. The lowest BCUT2D eigenvalue weighted by Crippen LogP contribution is -2.21. The molecule has 0 atom stereocenters. The summed E-state index contributed by atoms with van der Waals surface area (Å²) in [6, 6.07) is 20.8. The maximum absolute atomic E-state index is 11.0. The number of nitro groups is 1. The Morgan fingerprint density at radius 3 is 2.14 bits per heavy atom. The van der Waals surface area contributed by atoms with Gasteiger partial charge in [-0.3, -0.25) is 10.1 Å². The van der Waals surface area contributed by atoms with Crippen LogP contribution in [0.15, 0.2) is 83.6 Å². The van der Waals surface area contributed by atoms with Gasteiger partial charge in [-0.15, -0.1) is 0 Å². The van der Waals surface area contributed by atoms with Crippen molar-refractivity contribution in [2.45, 2.75) is 26.3 Å². The van der Waals surface area contributed by atoms with Crippen molar-refractivity contribution in [2.75, 3.05) is 0 Å². The van der Waals surface area contributed by atoms with Gasteiger partial charge in [0.05, 0.1) is 16.9 Å². The van der Waals surface area contributed by atoms with Gasteiger partial charge >= 0.3 is 0 Å². The molecule has 5 nitrogen and oxygen atoms in total. The lowest BCUT2D eigenvalue weighted by atomic mass is 9.98. The van der Waals surface area contributed by atoms with E-state index >= 15 is 0 Å². The van der Waals surface area contributed by atoms with E-state index in [1.165, 1.54) is 12.1 Å². The molecule has 0 unspecified atom stereocenters. The standard InChI is InChI=1S/C24H22N2O3/c1-24(2,3)25-15-13-20(18-9-11-19(12-10-18)26(27)28)22(25)23-21(14-16-29-23)17-7-5-4-6-8-17/h4-16H,1-3H3. The van der Waals surface area contributed by atoms with Crippen LogP contribution in [0.25, 0.3) is 33.7 Å². The van der Waals surface area contributed by atoms with E-state index in [2.05, 4.69) is 37.5 Å². The van der Waals surface area contributed by atoms with Crippen molar-refractivity contribution in [1.29, 1.82) is 0 Å². The summed E-state index contributed by atoms with van der Waals surface area (Å²) < 4.78 is 8.18. The van der Waals surface area contributed by atoms with E-state index in [1.807, 2.05) is 36.5 Å². The molecule has 0 aliphatic rings. The molecular weight excluding hydrogens is 364 g/mol. The smallest absolute Gasteiger partial charge is 0.269 e. The van der Waals surface area contributed by atoms with Gasteiger partial charge in [0.15, 0.2) is 5.76 Å². The second-order valence-corrected chi connectivity index (χ2v) is 7.95. The fraction of sp³-hybridized carbons (Fsp3) is 0.167. The molecular formula is C24H22N2O3. The van der Waals surface area contributed by atoms with Gasteiger partial charge in [-0.05, 0) is 56.2 Å². The van der Waals surface area contributed by atoms with Gasteiger partial charge in [0.1, 0.15) is 0 Å². The molecule has 0 bridgehead atoms. The van der Waals surface area contributed by atoms with E-state index in [1.54, 1.807) is 18.4 Å². The maximum Gasteiger partial charge on any atom is 0.269 e. The normalized spacial score (nSPS) is 11.6. The first-order valence-corrected chi connectivity index (χ1v) is 9.46. The maximum atomic E-state index is 11.0. The van der Waals surface area contributed by atoms with E-state index in [4.69, 9.17) is 4.42 Å². The lowest BCUT2D eigenvalue weighted by molar-refractivity contribution is -0.384. The van der Waals surface area contributed by atoms with Crippen LogP contribution in [0, 0.1) is 10.1 Å². The van der Waals surface area contributed by atoms with Gasteiger partial charge in [-0.2, -0.15) is 0 Å². The van der Waals surface area contributed by atoms with Crippen molar-refractivity contribution in [1.82, 2.24) is 4.57 Å². The third-order valence-electron chi connectivity index (χ3n) is 4.96. The fourth-order valence-electron chi connectivity index (χ4n) is 3.56. The van der Waals surface area contributed by atoms with Crippen molar-refractivity contribution < 1.29 is 9.34 Å². The molecule has 5 heteroatoms. The average molecular weight is 386 g/mol. The van der Waals surface area contributed by atoms with Gasteiger partial charge in [0.25, 0.3) is 5.69 Å². The first-order valence-electron chi connectivity index (χ1n) is 9.46. The highest BCUT2D eigenvalue weighted by Crippen LogP contribution is 2.42. The summed E-state index contributed by atoms with van der Waals surface area (Å²) in [6.45, 7) is 6.42. The Balaban J connectivity index is 1.93. The summed E-state index contributed by atoms with van der Waals surface area (Å²) in [7, 11) is 0. The van der Waals surface area contributed by atoms with Crippen LogP contribution in [0.1, 0.15) is 20.8 Å². The van der Waals surface area contributed by atoms with Crippen molar-refractivity contribution in [3.8, 4) is 33.7 Å². The molecule has 4 aromatic rings. The molecule has 2 aromatic carbocycles. The molecule has 0 aliphatic heterocycles. The van der Waals surface area contributed by atoms with E-state index in [-0.39, 0.29) is 16.1 Å². The molecule has 0 aliphatic carbocycles. The summed E-state index contributed by atoms with van der Waals surface area (Å²) in [4.78, 5) is 10.6. The van der Waals surface area contributed by atoms with Gasteiger partial charge in [0, 0.05) is 35.0 Å². The first kappa shape index (κ1) is 18.7. The van der Waals surface area contributed by atoms with Gasteiger partial charge in [-0.25, -0.2) is 0 Å². The Hall–Kier alpha value is -3.60. The Morgan fingerprint density at radius 2 is 1.52 bits per heavy atom. The summed E-state index contributed by atoms with van der Waals surface area (Å²) in [5.74, 6) is 0.782. The number of rotatable bonds is 4. The van der Waals surface area contributed by atoms with Crippen LogP contribution in [-0.4, -0.2) is 9.49 Å². The minimum atomic E-state index is -0.384. The average Bonchev–Trinajstić information content (AvgIpc) is 3.35. The monoisotopic (exact) mass is 386 g/mol. The Labute approximate surface area is 169 Å². The molecule has 4 rings (SSSR count). The molecule has 0 saturated heterocycles. The number of hydrogen-bond donors (Lipinski definition) is 0. The summed E-state index contributed by atoms with van der Waals surface area (Å²) >= 11 is 0. The number of nitrogens with zero attached hydrogens (tertiary/aromatic N) is 2. The minimum absolute atomic E-state index is 0.0773. The van der Waals surface area contributed by atoms with Gasteiger partial charge < -0.3 is 8.98 Å². The van der Waals surface area contributed by atoms with Gasteiger partial charge in [-0.1, -0.05) is 30.3 Å². The molecule has 2 heterocycles. The first-order chi connectivity index (χ1) is 13.9. The third-order valence-corrected chi connectivity index (χ3v) is 4.96. The molecule has 0 N–H and O–H groups in total. The molecule has 0 amide bonds. The Kier molecular flexibility index (Phi) is 4.59. The topological polar surface area (TPSA) is 61.2 Å². The van der Waals surface area contributed by atoms with Crippen LogP contribution in [0.3, 0.4) is 0 Å². The zero-order valence-electron chi connectivity index (χ0n) is 16.6. The third kappa shape index (κ3) is 3.47. The lowest BCUT2D eigenvalue weighted by Gasteiger charge is -2.25. The van der Waals surface area contributed by atoms with Crippen molar-refractivity contribution in [3.05, 3.63) is 89.3 Å². The molecule has 0 fully saturated rings. The highest BCUT2D eigenvalue weighted by atomic mass is 16.6. The number of benzene rings is 2.